The summed E-state index contributed by atoms with van der Waals surface area (Å²) in [6, 6.07) is 11.0. The van der Waals surface area contributed by atoms with Crippen molar-refractivity contribution in [3.05, 3.63) is 57.6 Å². The van der Waals surface area contributed by atoms with E-state index < -0.39 is 6.23 Å². The normalized spacial score (nSPS) is 19.8. The van der Waals surface area contributed by atoms with Gasteiger partial charge >= 0.3 is 0 Å². The van der Waals surface area contributed by atoms with E-state index in [4.69, 9.17) is 27.9 Å². The quantitative estimate of drug-likeness (QED) is 0.611. The maximum atomic E-state index is 10.9. The number of ether oxygens (including phenoxy) is 1. The molecule has 0 amide bonds. The van der Waals surface area contributed by atoms with Gasteiger partial charge in [-0.25, -0.2) is 9.67 Å². The van der Waals surface area contributed by atoms with Gasteiger partial charge in [0.15, 0.2) is 17.2 Å². The minimum atomic E-state index is -0.930. The molecule has 0 spiro atoms. The van der Waals surface area contributed by atoms with E-state index in [-0.39, 0.29) is 5.37 Å². The van der Waals surface area contributed by atoms with Crippen molar-refractivity contribution in [3.8, 4) is 17.1 Å². The van der Waals surface area contributed by atoms with E-state index in [0.29, 0.717) is 26.6 Å². The summed E-state index contributed by atoms with van der Waals surface area (Å²) in [5.74, 6) is 1.21. The molecule has 6 nitrogen and oxygen atoms in total. The molecule has 0 radical (unpaired) electrons. The molecule has 0 fully saturated rings. The van der Waals surface area contributed by atoms with Gasteiger partial charge in [-0.3, -0.25) is 0 Å². The summed E-state index contributed by atoms with van der Waals surface area (Å²) >= 11 is 13.8. The average Bonchev–Trinajstić information content (AvgIpc) is 3.10. The van der Waals surface area contributed by atoms with Gasteiger partial charge in [-0.05, 0) is 42.5 Å². The number of methoxy groups -OCH3 is 1. The second-order valence-corrected chi connectivity index (χ2v) is 8.32. The lowest BCUT2D eigenvalue weighted by atomic mass is 10.0. The van der Waals surface area contributed by atoms with Gasteiger partial charge in [0.25, 0.3) is 0 Å². The molecule has 0 saturated carbocycles. The van der Waals surface area contributed by atoms with Crippen LogP contribution in [0.5, 0.6) is 5.75 Å². The topological polar surface area (TPSA) is 72.2 Å². The Hall–Kier alpha value is -2.19. The van der Waals surface area contributed by atoms with E-state index >= 15 is 0 Å². The second kappa shape index (κ2) is 6.70. The van der Waals surface area contributed by atoms with Crippen molar-refractivity contribution in [2.45, 2.75) is 16.8 Å². The zero-order valence-electron chi connectivity index (χ0n) is 14.6. The van der Waals surface area contributed by atoms with Crippen LogP contribution in [0.4, 0.5) is 5.69 Å². The molecule has 3 aromatic rings. The summed E-state index contributed by atoms with van der Waals surface area (Å²) in [6.07, 6.45) is 1.04. The summed E-state index contributed by atoms with van der Waals surface area (Å²) in [6.45, 7) is 0. The molecular weight excluding hydrogens is 419 g/mol. The number of rotatable bonds is 2. The Morgan fingerprint density at radius 3 is 2.86 bits per heavy atom. The van der Waals surface area contributed by atoms with Crippen molar-refractivity contribution in [1.82, 2.24) is 14.8 Å². The van der Waals surface area contributed by atoms with Crippen LogP contribution in [-0.2, 0) is 0 Å². The smallest absolute Gasteiger partial charge is 0.191 e. The van der Waals surface area contributed by atoms with Gasteiger partial charge < -0.3 is 15.2 Å². The van der Waals surface area contributed by atoms with E-state index in [2.05, 4.69) is 15.4 Å². The highest BCUT2D eigenvalue weighted by atomic mass is 35.5. The van der Waals surface area contributed by atoms with Crippen LogP contribution in [0.3, 0.4) is 0 Å². The minimum Gasteiger partial charge on any atom is -0.497 e. The van der Waals surface area contributed by atoms with E-state index in [1.807, 2.05) is 24.3 Å². The predicted octanol–water partition coefficient (Wildman–Crippen LogP) is 4.69. The molecule has 3 heterocycles. The molecule has 1 aromatic heterocycles. The van der Waals surface area contributed by atoms with Crippen LogP contribution in [0.15, 0.2) is 47.1 Å². The summed E-state index contributed by atoms with van der Waals surface area (Å²) in [5, 5.41) is 20.3. The fraction of sp³-hybridized carbons (Fsp3) is 0.158. The van der Waals surface area contributed by atoms with Crippen LogP contribution in [0.25, 0.3) is 17.5 Å². The second-order valence-electron chi connectivity index (χ2n) is 6.40. The van der Waals surface area contributed by atoms with E-state index in [0.717, 1.165) is 22.6 Å². The lowest BCUT2D eigenvalue weighted by molar-refractivity contribution is 0.113. The molecule has 28 heavy (non-hydrogen) atoms. The van der Waals surface area contributed by atoms with E-state index in [1.165, 1.54) is 16.4 Å². The molecule has 2 aliphatic heterocycles. The fourth-order valence-corrected chi connectivity index (χ4v) is 4.89. The van der Waals surface area contributed by atoms with Gasteiger partial charge in [0, 0.05) is 27.4 Å². The molecule has 0 unspecified atom stereocenters. The Bertz CT molecular complexity index is 1130. The number of nitrogens with one attached hydrogen (secondary N) is 1. The minimum absolute atomic E-state index is 0.138. The van der Waals surface area contributed by atoms with Crippen molar-refractivity contribution in [2.24, 2.45) is 0 Å². The molecule has 2 aromatic carbocycles. The van der Waals surface area contributed by atoms with Crippen molar-refractivity contribution >= 4 is 46.7 Å². The summed E-state index contributed by atoms with van der Waals surface area (Å²) in [7, 11) is 1.63. The maximum Gasteiger partial charge on any atom is 0.191 e. The molecule has 0 bridgehead atoms. The van der Waals surface area contributed by atoms with Gasteiger partial charge in [0.1, 0.15) is 11.1 Å². The fourth-order valence-electron chi connectivity index (χ4n) is 3.29. The first-order chi connectivity index (χ1) is 13.5. The maximum absolute atomic E-state index is 10.9. The van der Waals surface area contributed by atoms with E-state index in [1.54, 1.807) is 25.3 Å². The van der Waals surface area contributed by atoms with Crippen molar-refractivity contribution in [1.29, 1.82) is 0 Å². The highest BCUT2D eigenvalue weighted by Gasteiger charge is 2.36. The van der Waals surface area contributed by atoms with Crippen LogP contribution < -0.4 is 10.1 Å². The van der Waals surface area contributed by atoms with Gasteiger partial charge in [-0.15, -0.1) is 5.10 Å². The van der Waals surface area contributed by atoms with Crippen LogP contribution in [0, 0.1) is 0 Å². The Morgan fingerprint density at radius 2 is 2.07 bits per heavy atom. The molecule has 2 N–H and O–H groups in total. The van der Waals surface area contributed by atoms with Crippen LogP contribution >= 0.6 is 35.0 Å². The highest BCUT2D eigenvalue weighted by molar-refractivity contribution is 8.00. The van der Waals surface area contributed by atoms with Crippen LogP contribution in [0.2, 0.25) is 10.0 Å². The third-order valence-corrected chi connectivity index (χ3v) is 6.36. The van der Waals surface area contributed by atoms with E-state index in [9.17, 15) is 5.11 Å². The summed E-state index contributed by atoms with van der Waals surface area (Å²) in [5.41, 5.74) is 3.40. The zero-order valence-corrected chi connectivity index (χ0v) is 16.9. The van der Waals surface area contributed by atoms with Gasteiger partial charge in [-0.1, -0.05) is 35.0 Å². The number of hydrogen-bond donors (Lipinski definition) is 2. The Balaban J connectivity index is 1.55. The van der Waals surface area contributed by atoms with Gasteiger partial charge in [-0.2, -0.15) is 0 Å². The number of nitrogens with zero attached hydrogens (tertiary/aromatic N) is 3. The number of anilines is 1. The lowest BCUT2D eigenvalue weighted by Crippen LogP contribution is -2.32. The van der Waals surface area contributed by atoms with Crippen molar-refractivity contribution in [3.63, 3.8) is 0 Å². The Morgan fingerprint density at radius 1 is 1.21 bits per heavy atom. The number of aliphatic hydroxyl groups is 1. The highest BCUT2D eigenvalue weighted by Crippen LogP contribution is 2.44. The van der Waals surface area contributed by atoms with Crippen LogP contribution in [0.1, 0.15) is 11.8 Å². The number of halogens is 2. The number of aliphatic hydroxyl groups excluding tert-OH is 1. The number of aromatic nitrogens is 3. The molecular formula is C19H14Cl2N4O2S. The monoisotopic (exact) mass is 432 g/mol. The number of hydrogen-bond acceptors (Lipinski definition) is 6. The Kier molecular flexibility index (Phi) is 4.28. The zero-order chi connectivity index (χ0) is 19.4. The average molecular weight is 433 g/mol. The summed E-state index contributed by atoms with van der Waals surface area (Å²) in [4.78, 5) is 4.58. The molecule has 2 atom stereocenters. The number of benzene rings is 2. The molecule has 2 aliphatic rings. The summed E-state index contributed by atoms with van der Waals surface area (Å²) < 4.78 is 6.81. The largest absolute Gasteiger partial charge is 0.497 e. The third kappa shape index (κ3) is 2.86. The number of thioether (sulfide) groups is 1. The first-order valence-corrected chi connectivity index (χ1v) is 10.1. The molecule has 5 rings (SSSR count). The predicted molar refractivity (Wildman–Crippen MR) is 111 cm³/mol. The van der Waals surface area contributed by atoms with Gasteiger partial charge in [0.05, 0.1) is 12.1 Å². The molecule has 0 aliphatic carbocycles. The van der Waals surface area contributed by atoms with Crippen molar-refractivity contribution in [2.75, 3.05) is 12.4 Å². The van der Waals surface area contributed by atoms with Crippen LogP contribution in [-0.4, -0.2) is 32.4 Å². The molecule has 142 valence electrons. The number of fused-ring (bicyclic) bond motifs is 3. The standard InChI is InChI=1S/C19H14Cl2N4O2S/c1-27-11-3-5-15-9(6-11)7-13-17(22-15)28-19-23-16(24-25(19)18(13)26)12-4-2-10(20)8-14(12)21/h2-8,17-18,22,26H,1H3/t17-,18+/m0/s1. The van der Waals surface area contributed by atoms with Gasteiger partial charge in [0.2, 0.25) is 0 Å². The first-order valence-electron chi connectivity index (χ1n) is 8.46. The Labute approximate surface area is 175 Å². The molecule has 9 heteroatoms. The molecule has 0 saturated heterocycles. The third-order valence-electron chi connectivity index (χ3n) is 4.70. The first kappa shape index (κ1) is 17.9. The SMILES string of the molecule is COc1ccc2c(c1)C=C1[C@@H](O)n3nc(-c4ccc(Cl)cc4Cl)nc3S[C@@H]1N2. The van der Waals surface area contributed by atoms with Crippen molar-refractivity contribution < 1.29 is 9.84 Å². The lowest BCUT2D eigenvalue weighted by Gasteiger charge is -2.33.